The minimum absolute atomic E-state index is 0.0664. The molecule has 4 heteroatoms. The quantitative estimate of drug-likeness (QED) is 0.927. The predicted octanol–water partition coefficient (Wildman–Crippen LogP) is 2.67. The van der Waals surface area contributed by atoms with Gasteiger partial charge in [0.1, 0.15) is 5.75 Å². The highest BCUT2D eigenvalue weighted by molar-refractivity contribution is 5.91. The maximum atomic E-state index is 11.2. The minimum Gasteiger partial charge on any atom is -0.497 e. The highest BCUT2D eigenvalue weighted by Crippen LogP contribution is 2.36. The fraction of sp³-hybridized carbons (Fsp3) is 0.235. The molecular formula is C17H16O4. The van der Waals surface area contributed by atoms with E-state index in [2.05, 4.69) is 0 Å². The van der Waals surface area contributed by atoms with E-state index in [0.29, 0.717) is 12.2 Å². The summed E-state index contributed by atoms with van der Waals surface area (Å²) >= 11 is 0. The molecule has 1 aliphatic heterocycles. The molecule has 2 aliphatic rings. The first-order chi connectivity index (χ1) is 10.2. The molecule has 0 radical (unpaired) electrons. The molecule has 3 rings (SSSR count). The number of rotatable bonds is 3. The van der Waals surface area contributed by atoms with Crippen LogP contribution in [0.1, 0.15) is 5.56 Å². The van der Waals surface area contributed by atoms with Crippen molar-refractivity contribution in [3.05, 3.63) is 59.7 Å². The molecule has 1 aliphatic carbocycles. The number of carboxylic acids is 1. The monoisotopic (exact) mass is 284 g/mol. The molecule has 2 atom stereocenters. The smallest absolute Gasteiger partial charge is 0.335 e. The van der Waals surface area contributed by atoms with E-state index in [-0.39, 0.29) is 12.0 Å². The van der Waals surface area contributed by atoms with Crippen molar-refractivity contribution in [2.45, 2.75) is 6.10 Å². The molecule has 0 saturated carbocycles. The lowest BCUT2D eigenvalue weighted by molar-refractivity contribution is -0.132. The summed E-state index contributed by atoms with van der Waals surface area (Å²) in [6.45, 7) is 0.531. The molecule has 21 heavy (non-hydrogen) atoms. The standard InChI is InChI=1S/C17H16O4/c1-20-13-5-2-11(3-6-13)14-8-9-21-16-7-4-12(17(18)19)10-15(14)16/h2-8,10,15-16H,9H2,1H3,(H,18,19). The van der Waals surface area contributed by atoms with Crippen molar-refractivity contribution in [3.8, 4) is 5.75 Å². The van der Waals surface area contributed by atoms with E-state index in [0.717, 1.165) is 16.9 Å². The third kappa shape index (κ3) is 2.62. The zero-order chi connectivity index (χ0) is 14.8. The number of fused-ring (bicyclic) bond motifs is 1. The molecule has 0 spiro atoms. The van der Waals surface area contributed by atoms with Crippen molar-refractivity contribution in [3.63, 3.8) is 0 Å². The van der Waals surface area contributed by atoms with E-state index >= 15 is 0 Å². The maximum absolute atomic E-state index is 11.2. The van der Waals surface area contributed by atoms with Gasteiger partial charge in [0.05, 0.1) is 25.4 Å². The predicted molar refractivity (Wildman–Crippen MR) is 79.1 cm³/mol. The number of benzene rings is 1. The van der Waals surface area contributed by atoms with Gasteiger partial charge >= 0.3 is 5.97 Å². The summed E-state index contributed by atoms with van der Waals surface area (Å²) in [5.74, 6) is -0.180. The highest BCUT2D eigenvalue weighted by atomic mass is 16.5. The SMILES string of the molecule is COc1ccc(C2=CCOC3C=CC(C(=O)O)=CC23)cc1. The zero-order valence-corrected chi connectivity index (χ0v) is 11.7. The fourth-order valence-corrected chi connectivity index (χ4v) is 2.71. The molecule has 2 unspecified atom stereocenters. The second-order valence-electron chi connectivity index (χ2n) is 5.00. The topological polar surface area (TPSA) is 55.8 Å². The number of carbonyl (C=O) groups is 1. The lowest BCUT2D eigenvalue weighted by Crippen LogP contribution is -2.29. The van der Waals surface area contributed by atoms with E-state index in [1.54, 1.807) is 19.3 Å². The summed E-state index contributed by atoms with van der Waals surface area (Å²) in [6, 6.07) is 7.78. The molecule has 0 saturated heterocycles. The van der Waals surface area contributed by atoms with Gasteiger partial charge in [-0.2, -0.15) is 0 Å². The van der Waals surface area contributed by atoms with Gasteiger partial charge in [-0.3, -0.25) is 0 Å². The van der Waals surface area contributed by atoms with Crippen molar-refractivity contribution in [2.75, 3.05) is 13.7 Å². The van der Waals surface area contributed by atoms with Gasteiger partial charge in [-0.05, 0) is 29.3 Å². The normalized spacial score (nSPS) is 23.9. The Morgan fingerprint density at radius 1 is 1.33 bits per heavy atom. The van der Waals surface area contributed by atoms with Crippen LogP contribution in [0.4, 0.5) is 0 Å². The third-order valence-corrected chi connectivity index (χ3v) is 3.80. The fourth-order valence-electron chi connectivity index (χ4n) is 2.71. The Labute approximate surface area is 123 Å². The third-order valence-electron chi connectivity index (χ3n) is 3.80. The van der Waals surface area contributed by atoms with Crippen LogP contribution >= 0.6 is 0 Å². The van der Waals surface area contributed by atoms with Crippen molar-refractivity contribution >= 4 is 11.5 Å². The van der Waals surface area contributed by atoms with Crippen molar-refractivity contribution in [2.24, 2.45) is 5.92 Å². The second kappa shape index (κ2) is 5.58. The molecule has 0 fully saturated rings. The molecule has 1 aromatic rings. The first-order valence-electron chi connectivity index (χ1n) is 6.78. The van der Waals surface area contributed by atoms with Gasteiger partial charge in [0.15, 0.2) is 0 Å². The molecule has 1 N–H and O–H groups in total. The first-order valence-corrected chi connectivity index (χ1v) is 6.78. The molecule has 0 aromatic heterocycles. The maximum Gasteiger partial charge on any atom is 0.335 e. The van der Waals surface area contributed by atoms with E-state index in [1.807, 2.05) is 36.4 Å². The number of hydrogen-bond acceptors (Lipinski definition) is 3. The van der Waals surface area contributed by atoms with Crippen LogP contribution < -0.4 is 4.74 Å². The number of carboxylic acid groups (broad SMARTS) is 1. The van der Waals surface area contributed by atoms with Gasteiger partial charge in [0, 0.05) is 5.92 Å². The Balaban J connectivity index is 1.95. The Bertz CT molecular complexity index is 637. The summed E-state index contributed by atoms with van der Waals surface area (Å²) in [4.78, 5) is 11.2. The van der Waals surface area contributed by atoms with Crippen LogP contribution in [-0.2, 0) is 9.53 Å². The van der Waals surface area contributed by atoms with Crippen LogP contribution in [0.2, 0.25) is 0 Å². The van der Waals surface area contributed by atoms with Gasteiger partial charge in [-0.15, -0.1) is 0 Å². The van der Waals surface area contributed by atoms with Crippen LogP contribution in [0.5, 0.6) is 5.75 Å². The van der Waals surface area contributed by atoms with E-state index in [9.17, 15) is 4.79 Å². The van der Waals surface area contributed by atoms with E-state index < -0.39 is 5.97 Å². The summed E-state index contributed by atoms with van der Waals surface area (Å²) in [5.41, 5.74) is 2.46. The van der Waals surface area contributed by atoms with E-state index in [4.69, 9.17) is 14.6 Å². The largest absolute Gasteiger partial charge is 0.497 e. The van der Waals surface area contributed by atoms with Crippen molar-refractivity contribution in [1.29, 1.82) is 0 Å². The molecule has 0 bridgehead atoms. The number of ether oxygens (including phenoxy) is 2. The van der Waals surface area contributed by atoms with Crippen molar-refractivity contribution in [1.82, 2.24) is 0 Å². The van der Waals surface area contributed by atoms with Crippen LogP contribution in [-0.4, -0.2) is 30.9 Å². The van der Waals surface area contributed by atoms with Crippen LogP contribution in [0.3, 0.4) is 0 Å². The zero-order valence-electron chi connectivity index (χ0n) is 11.7. The summed E-state index contributed by atoms with van der Waals surface area (Å²) in [5, 5.41) is 9.16. The molecular weight excluding hydrogens is 268 g/mol. The summed E-state index contributed by atoms with van der Waals surface area (Å²) in [7, 11) is 1.63. The number of hydrogen-bond donors (Lipinski definition) is 1. The summed E-state index contributed by atoms with van der Waals surface area (Å²) < 4.78 is 10.8. The van der Waals surface area contributed by atoms with Gasteiger partial charge in [0.2, 0.25) is 0 Å². The molecule has 1 aromatic carbocycles. The molecule has 4 nitrogen and oxygen atoms in total. The lowest BCUT2D eigenvalue weighted by Gasteiger charge is -2.31. The van der Waals surface area contributed by atoms with Gasteiger partial charge < -0.3 is 14.6 Å². The molecule has 108 valence electrons. The average Bonchev–Trinajstić information content (AvgIpc) is 2.54. The number of aliphatic carboxylic acids is 1. The Morgan fingerprint density at radius 3 is 2.76 bits per heavy atom. The second-order valence-corrected chi connectivity index (χ2v) is 5.00. The van der Waals surface area contributed by atoms with Gasteiger partial charge in [-0.1, -0.05) is 30.4 Å². The van der Waals surface area contributed by atoms with Crippen LogP contribution in [0.15, 0.2) is 54.1 Å². The Hall–Kier alpha value is -2.33. The average molecular weight is 284 g/mol. The summed E-state index contributed by atoms with van der Waals surface area (Å²) in [6.07, 6.45) is 7.11. The van der Waals surface area contributed by atoms with E-state index in [1.165, 1.54) is 0 Å². The Kier molecular flexibility index (Phi) is 3.62. The molecule has 1 heterocycles. The van der Waals surface area contributed by atoms with Crippen molar-refractivity contribution < 1.29 is 19.4 Å². The number of methoxy groups -OCH3 is 1. The lowest BCUT2D eigenvalue weighted by atomic mass is 9.82. The molecule has 0 amide bonds. The van der Waals surface area contributed by atoms with Crippen LogP contribution in [0, 0.1) is 5.92 Å². The highest BCUT2D eigenvalue weighted by Gasteiger charge is 2.29. The van der Waals surface area contributed by atoms with Gasteiger partial charge in [0.25, 0.3) is 0 Å². The minimum atomic E-state index is -0.913. The van der Waals surface area contributed by atoms with Gasteiger partial charge in [-0.25, -0.2) is 4.79 Å². The first kappa shape index (κ1) is 13.6. The van der Waals surface area contributed by atoms with Crippen LogP contribution in [0.25, 0.3) is 5.57 Å². The Morgan fingerprint density at radius 2 is 2.10 bits per heavy atom.